The van der Waals surface area contributed by atoms with Gasteiger partial charge in [-0.25, -0.2) is 0 Å². The summed E-state index contributed by atoms with van der Waals surface area (Å²) in [7, 11) is 0. The van der Waals surface area contributed by atoms with Gasteiger partial charge in [0.1, 0.15) is 0 Å². The highest BCUT2D eigenvalue weighted by atomic mass is 35.5. The molecule has 1 unspecified atom stereocenters. The minimum Gasteiger partial charge on any atom is -0.349 e. The number of rotatable bonds is 5. The van der Waals surface area contributed by atoms with Gasteiger partial charge in [-0.2, -0.15) is 0 Å². The first kappa shape index (κ1) is 18.3. The van der Waals surface area contributed by atoms with Crippen molar-refractivity contribution in [1.82, 2.24) is 5.32 Å². The summed E-state index contributed by atoms with van der Waals surface area (Å²) in [6.45, 7) is 3.34. The molecule has 2 aromatic rings. The zero-order valence-electron chi connectivity index (χ0n) is 13.4. The first-order valence-electron chi connectivity index (χ1n) is 7.46. The van der Waals surface area contributed by atoms with E-state index in [1.54, 1.807) is 24.3 Å². The molecule has 2 aromatic carbocycles. The Labute approximate surface area is 151 Å². The largest absolute Gasteiger partial charge is 0.349 e. The topological polar surface area (TPSA) is 58.2 Å². The number of amides is 2. The van der Waals surface area contributed by atoms with Crippen LogP contribution in [0.15, 0.2) is 42.5 Å². The van der Waals surface area contributed by atoms with E-state index in [-0.39, 0.29) is 24.3 Å². The van der Waals surface area contributed by atoms with Gasteiger partial charge in [-0.1, -0.05) is 41.4 Å². The highest BCUT2D eigenvalue weighted by molar-refractivity contribution is 6.42. The third kappa shape index (κ3) is 5.25. The van der Waals surface area contributed by atoms with Crippen molar-refractivity contribution in [2.24, 2.45) is 0 Å². The van der Waals surface area contributed by atoms with E-state index in [1.807, 2.05) is 25.1 Å². The fraction of sp³-hybridized carbons (Fsp3) is 0.222. The lowest BCUT2D eigenvalue weighted by atomic mass is 10.1. The number of carbonyl (C=O) groups excluding carboxylic acids is 2. The van der Waals surface area contributed by atoms with Crippen molar-refractivity contribution in [3.63, 3.8) is 0 Å². The van der Waals surface area contributed by atoms with Crippen LogP contribution in [-0.2, 0) is 16.0 Å². The van der Waals surface area contributed by atoms with Gasteiger partial charge >= 0.3 is 0 Å². The normalized spacial score (nSPS) is 11.7. The smallest absolute Gasteiger partial charge is 0.224 e. The maximum Gasteiger partial charge on any atom is 0.224 e. The summed E-state index contributed by atoms with van der Waals surface area (Å²) in [4.78, 5) is 23.2. The van der Waals surface area contributed by atoms with Gasteiger partial charge < -0.3 is 10.6 Å². The minimum atomic E-state index is -0.175. The van der Waals surface area contributed by atoms with Crippen molar-refractivity contribution in [1.29, 1.82) is 0 Å². The van der Waals surface area contributed by atoms with Crippen LogP contribution in [-0.4, -0.2) is 11.8 Å². The first-order chi connectivity index (χ1) is 11.3. The zero-order valence-corrected chi connectivity index (χ0v) is 14.9. The molecule has 0 bridgehead atoms. The van der Waals surface area contributed by atoms with E-state index >= 15 is 0 Å². The predicted octanol–water partition coefficient (Wildman–Crippen LogP) is 4.37. The van der Waals surface area contributed by atoms with Gasteiger partial charge in [-0.15, -0.1) is 0 Å². The number of hydrogen-bond donors (Lipinski definition) is 2. The van der Waals surface area contributed by atoms with Crippen molar-refractivity contribution < 1.29 is 9.59 Å². The Morgan fingerprint density at radius 1 is 1.04 bits per heavy atom. The monoisotopic (exact) mass is 364 g/mol. The summed E-state index contributed by atoms with van der Waals surface area (Å²) in [5, 5.41) is 6.56. The van der Waals surface area contributed by atoms with E-state index in [1.165, 1.54) is 6.92 Å². The quantitative estimate of drug-likeness (QED) is 0.827. The molecule has 24 heavy (non-hydrogen) atoms. The molecule has 0 saturated heterocycles. The Kier molecular flexibility index (Phi) is 6.23. The van der Waals surface area contributed by atoms with Crippen LogP contribution in [0, 0.1) is 0 Å². The predicted molar refractivity (Wildman–Crippen MR) is 97.5 cm³/mol. The number of anilines is 1. The van der Waals surface area contributed by atoms with Gasteiger partial charge in [0.05, 0.1) is 22.5 Å². The van der Waals surface area contributed by atoms with Gasteiger partial charge in [0.25, 0.3) is 0 Å². The molecule has 0 radical (unpaired) electrons. The van der Waals surface area contributed by atoms with Crippen LogP contribution in [0.5, 0.6) is 0 Å². The molecule has 0 aliphatic carbocycles. The van der Waals surface area contributed by atoms with E-state index in [4.69, 9.17) is 23.2 Å². The lowest BCUT2D eigenvalue weighted by Crippen LogP contribution is -2.28. The van der Waals surface area contributed by atoms with Crippen molar-refractivity contribution in [3.8, 4) is 0 Å². The number of hydrogen-bond acceptors (Lipinski definition) is 2. The van der Waals surface area contributed by atoms with Crippen molar-refractivity contribution in [2.45, 2.75) is 26.3 Å². The molecule has 126 valence electrons. The summed E-state index contributed by atoms with van der Waals surface area (Å²) < 4.78 is 0. The van der Waals surface area contributed by atoms with Gasteiger partial charge in [0.2, 0.25) is 11.8 Å². The van der Waals surface area contributed by atoms with Crippen molar-refractivity contribution in [3.05, 3.63) is 63.6 Å². The molecule has 0 aliphatic rings. The Morgan fingerprint density at radius 3 is 2.29 bits per heavy atom. The van der Waals surface area contributed by atoms with E-state index in [0.29, 0.717) is 15.7 Å². The van der Waals surface area contributed by atoms with Crippen LogP contribution in [0.2, 0.25) is 10.0 Å². The molecule has 1 atom stereocenters. The van der Waals surface area contributed by atoms with Crippen LogP contribution >= 0.6 is 23.2 Å². The SMILES string of the molecule is CC(=O)Nc1ccc(CC(=O)NC(C)c2ccc(Cl)c(Cl)c2)cc1. The standard InChI is InChI=1S/C18H18Cl2N2O2/c1-11(14-5-8-16(19)17(20)10-14)21-18(24)9-13-3-6-15(7-4-13)22-12(2)23/h3-8,10-11H,9H2,1-2H3,(H,21,24)(H,22,23). The molecular formula is C18H18Cl2N2O2. The van der Waals surface area contributed by atoms with Crippen molar-refractivity contribution in [2.75, 3.05) is 5.32 Å². The number of halogens is 2. The Morgan fingerprint density at radius 2 is 1.71 bits per heavy atom. The summed E-state index contributed by atoms with van der Waals surface area (Å²) >= 11 is 11.9. The molecule has 0 aromatic heterocycles. The summed E-state index contributed by atoms with van der Waals surface area (Å²) in [6.07, 6.45) is 0.256. The number of benzene rings is 2. The first-order valence-corrected chi connectivity index (χ1v) is 8.21. The van der Waals surface area contributed by atoms with Gasteiger partial charge in [-0.3, -0.25) is 9.59 Å². The Bertz CT molecular complexity index is 745. The average Bonchev–Trinajstić information content (AvgIpc) is 2.51. The highest BCUT2D eigenvalue weighted by Crippen LogP contribution is 2.25. The molecule has 2 amide bonds. The summed E-state index contributed by atoms with van der Waals surface area (Å²) in [5.41, 5.74) is 2.46. The molecule has 0 spiro atoms. The summed E-state index contributed by atoms with van der Waals surface area (Å²) in [5.74, 6) is -0.225. The molecule has 4 nitrogen and oxygen atoms in total. The maximum absolute atomic E-state index is 12.2. The van der Waals surface area contributed by atoms with Gasteiger partial charge in [0, 0.05) is 12.6 Å². The molecule has 2 N–H and O–H groups in total. The van der Waals surface area contributed by atoms with E-state index in [2.05, 4.69) is 10.6 Å². The zero-order chi connectivity index (χ0) is 17.7. The molecule has 2 rings (SSSR count). The Hall–Kier alpha value is -2.04. The number of nitrogens with one attached hydrogen (secondary N) is 2. The van der Waals surface area contributed by atoms with Crippen molar-refractivity contribution >= 4 is 40.7 Å². The fourth-order valence-corrected chi connectivity index (χ4v) is 2.56. The van der Waals surface area contributed by atoms with Crippen LogP contribution in [0.1, 0.15) is 31.0 Å². The van der Waals surface area contributed by atoms with E-state index < -0.39 is 0 Å². The third-order valence-electron chi connectivity index (χ3n) is 3.46. The van der Waals surface area contributed by atoms with Crippen LogP contribution in [0.25, 0.3) is 0 Å². The second-order valence-electron chi connectivity index (χ2n) is 5.52. The molecular weight excluding hydrogens is 347 g/mol. The Balaban J connectivity index is 1.94. The minimum absolute atomic E-state index is 0.0964. The molecule has 6 heteroatoms. The average molecular weight is 365 g/mol. The lowest BCUT2D eigenvalue weighted by molar-refractivity contribution is -0.121. The molecule has 0 saturated carbocycles. The summed E-state index contributed by atoms with van der Waals surface area (Å²) in [6, 6.07) is 12.3. The van der Waals surface area contributed by atoms with E-state index in [0.717, 1.165) is 11.1 Å². The van der Waals surface area contributed by atoms with Gasteiger partial charge in [-0.05, 0) is 42.3 Å². The van der Waals surface area contributed by atoms with Crippen LogP contribution in [0.3, 0.4) is 0 Å². The van der Waals surface area contributed by atoms with Crippen LogP contribution < -0.4 is 10.6 Å². The maximum atomic E-state index is 12.2. The number of carbonyl (C=O) groups is 2. The molecule has 0 fully saturated rings. The fourth-order valence-electron chi connectivity index (χ4n) is 2.25. The molecule has 0 aliphatic heterocycles. The third-order valence-corrected chi connectivity index (χ3v) is 4.20. The van der Waals surface area contributed by atoms with Crippen LogP contribution in [0.4, 0.5) is 5.69 Å². The lowest BCUT2D eigenvalue weighted by Gasteiger charge is -2.15. The second-order valence-corrected chi connectivity index (χ2v) is 6.33. The second kappa shape index (κ2) is 8.18. The highest BCUT2D eigenvalue weighted by Gasteiger charge is 2.11. The van der Waals surface area contributed by atoms with E-state index in [9.17, 15) is 9.59 Å². The molecule has 0 heterocycles. The van der Waals surface area contributed by atoms with Gasteiger partial charge in [0.15, 0.2) is 0 Å².